The Kier molecular flexibility index (Phi) is 8.48. The van der Waals surface area contributed by atoms with Gasteiger partial charge in [-0.15, -0.1) is 0 Å². The predicted molar refractivity (Wildman–Crippen MR) is 153 cm³/mol. The van der Waals surface area contributed by atoms with Crippen molar-refractivity contribution >= 4 is 22.6 Å². The van der Waals surface area contributed by atoms with Crippen molar-refractivity contribution in [2.75, 3.05) is 19.6 Å². The Morgan fingerprint density at radius 1 is 0.949 bits per heavy atom. The van der Waals surface area contributed by atoms with Crippen LogP contribution in [0.4, 0.5) is 0 Å². The molecule has 3 aromatic carbocycles. The van der Waals surface area contributed by atoms with E-state index in [1.165, 1.54) is 12.8 Å². The zero-order valence-corrected chi connectivity index (χ0v) is 21.9. The van der Waals surface area contributed by atoms with Crippen molar-refractivity contribution in [3.63, 3.8) is 0 Å². The van der Waals surface area contributed by atoms with Crippen LogP contribution < -0.4 is 11.1 Å². The highest BCUT2D eigenvalue weighted by molar-refractivity contribution is 5.89. The van der Waals surface area contributed by atoms with Gasteiger partial charge >= 0.3 is 5.63 Å². The fraction of sp³-hybridized carbons (Fsp3) is 0.281. The number of hydrazone groups is 1. The number of carbonyl (C=O) groups is 1. The summed E-state index contributed by atoms with van der Waals surface area (Å²) in [6, 6.07) is 26.1. The highest BCUT2D eigenvalue weighted by atomic mass is 16.4. The lowest BCUT2D eigenvalue weighted by Gasteiger charge is -2.21. The minimum atomic E-state index is -0.577. The first-order chi connectivity index (χ1) is 19.1. The lowest BCUT2D eigenvalue weighted by Crippen LogP contribution is -2.27. The van der Waals surface area contributed by atoms with Gasteiger partial charge in [0.25, 0.3) is 0 Å². The molecule has 7 nitrogen and oxygen atoms in total. The number of carbonyl (C=O) groups excluding carboxylic acids is 1. The van der Waals surface area contributed by atoms with Gasteiger partial charge in [0.2, 0.25) is 5.91 Å². The van der Waals surface area contributed by atoms with E-state index in [2.05, 4.69) is 15.4 Å². The number of hydrogen-bond acceptors (Lipinski definition) is 6. The van der Waals surface area contributed by atoms with Crippen LogP contribution in [0.1, 0.15) is 48.3 Å². The molecule has 2 heterocycles. The van der Waals surface area contributed by atoms with Crippen LogP contribution in [0.25, 0.3) is 11.0 Å². The average molecular weight is 524 g/mol. The number of fused-ring (bicyclic) bond motifs is 1. The molecule has 0 spiro atoms. The van der Waals surface area contributed by atoms with Crippen molar-refractivity contribution in [3.8, 4) is 5.75 Å². The minimum absolute atomic E-state index is 0.0808. The standard InChI is InChI=1S/C32H33N3O4/c36-29(21-23-11-3-1-4-12-23)34-33-25(17-20-35-18-9-10-19-35)22-27(24-13-5-2-6-14-24)30-31(37)26-15-7-8-16-28(26)39-32(30)38/h1-8,11-16,27,37H,9-10,17-22H2,(H,34,36). The molecular weight excluding hydrogens is 490 g/mol. The number of nitrogens with one attached hydrogen (secondary N) is 1. The Labute approximate surface area is 227 Å². The van der Waals surface area contributed by atoms with Crippen LogP contribution in [-0.4, -0.2) is 41.3 Å². The summed E-state index contributed by atoms with van der Waals surface area (Å²) in [6.45, 7) is 2.91. The van der Waals surface area contributed by atoms with Gasteiger partial charge in [0, 0.05) is 24.6 Å². The van der Waals surface area contributed by atoms with Crippen LogP contribution in [0.2, 0.25) is 0 Å². The van der Waals surface area contributed by atoms with Crippen LogP contribution >= 0.6 is 0 Å². The number of nitrogens with zero attached hydrogens (tertiary/aromatic N) is 2. The van der Waals surface area contributed by atoms with Gasteiger partial charge in [-0.1, -0.05) is 72.8 Å². The second-order valence-electron chi connectivity index (χ2n) is 9.99. The minimum Gasteiger partial charge on any atom is -0.507 e. The maximum atomic E-state index is 13.2. The van der Waals surface area contributed by atoms with Crippen molar-refractivity contribution in [1.29, 1.82) is 0 Å². The number of likely N-dealkylation sites (tertiary alicyclic amines) is 1. The summed E-state index contributed by atoms with van der Waals surface area (Å²) in [5.74, 6) is -0.790. The molecule has 1 aliphatic heterocycles. The molecule has 200 valence electrons. The van der Waals surface area contributed by atoms with Crippen molar-refractivity contribution in [2.24, 2.45) is 5.10 Å². The molecule has 1 fully saturated rings. The molecule has 7 heteroatoms. The molecule has 2 N–H and O–H groups in total. The molecule has 1 amide bonds. The molecule has 0 radical (unpaired) electrons. The van der Waals surface area contributed by atoms with Crippen LogP contribution in [0.5, 0.6) is 5.75 Å². The number of hydrogen-bond donors (Lipinski definition) is 2. The fourth-order valence-corrected chi connectivity index (χ4v) is 5.22. The average Bonchev–Trinajstić information content (AvgIpc) is 3.48. The van der Waals surface area contributed by atoms with Crippen LogP contribution in [0, 0.1) is 0 Å². The highest BCUT2D eigenvalue weighted by Gasteiger charge is 2.27. The molecule has 1 saturated heterocycles. The summed E-state index contributed by atoms with van der Waals surface area (Å²) < 4.78 is 5.63. The van der Waals surface area contributed by atoms with Gasteiger partial charge in [-0.25, -0.2) is 10.2 Å². The van der Waals surface area contributed by atoms with E-state index in [1.54, 1.807) is 24.3 Å². The van der Waals surface area contributed by atoms with Gasteiger partial charge in [0.15, 0.2) is 0 Å². The Hall–Kier alpha value is -4.23. The summed E-state index contributed by atoms with van der Waals surface area (Å²) in [5.41, 5.74) is 5.22. The topological polar surface area (TPSA) is 95.1 Å². The predicted octanol–water partition coefficient (Wildman–Crippen LogP) is 5.22. The van der Waals surface area contributed by atoms with Gasteiger partial charge in [-0.3, -0.25) is 4.79 Å². The molecule has 1 aliphatic rings. The van der Waals surface area contributed by atoms with Crippen LogP contribution in [-0.2, 0) is 11.2 Å². The van der Waals surface area contributed by atoms with E-state index in [4.69, 9.17) is 4.42 Å². The summed E-state index contributed by atoms with van der Waals surface area (Å²) in [7, 11) is 0. The third kappa shape index (κ3) is 6.62. The maximum absolute atomic E-state index is 13.2. The molecule has 0 aliphatic carbocycles. The van der Waals surface area contributed by atoms with Gasteiger partial charge in [0.1, 0.15) is 11.3 Å². The van der Waals surface area contributed by atoms with Gasteiger partial charge in [-0.2, -0.15) is 5.10 Å². The van der Waals surface area contributed by atoms with E-state index in [1.807, 2.05) is 60.7 Å². The Balaban J connectivity index is 1.47. The second-order valence-corrected chi connectivity index (χ2v) is 9.99. The molecule has 0 bridgehead atoms. The van der Waals surface area contributed by atoms with E-state index in [-0.39, 0.29) is 23.6 Å². The number of aromatic hydroxyl groups is 1. The van der Waals surface area contributed by atoms with E-state index in [9.17, 15) is 14.7 Å². The first-order valence-electron chi connectivity index (χ1n) is 13.5. The third-order valence-electron chi connectivity index (χ3n) is 7.27. The van der Waals surface area contributed by atoms with E-state index >= 15 is 0 Å². The van der Waals surface area contributed by atoms with Crippen molar-refractivity contribution in [2.45, 2.75) is 38.0 Å². The zero-order chi connectivity index (χ0) is 27.0. The number of rotatable bonds is 10. The molecule has 1 atom stereocenters. The molecular formula is C32H33N3O4. The normalized spacial score (nSPS) is 14.9. The van der Waals surface area contributed by atoms with Gasteiger partial charge in [-0.05, 0) is 55.6 Å². The molecule has 0 saturated carbocycles. The molecule has 1 aromatic heterocycles. The summed E-state index contributed by atoms with van der Waals surface area (Å²) in [5, 5.41) is 16.3. The van der Waals surface area contributed by atoms with Crippen molar-refractivity contribution in [3.05, 3.63) is 112 Å². The fourth-order valence-electron chi connectivity index (χ4n) is 5.22. The zero-order valence-electron chi connectivity index (χ0n) is 21.9. The highest BCUT2D eigenvalue weighted by Crippen LogP contribution is 2.36. The first kappa shape index (κ1) is 26.4. The quantitative estimate of drug-likeness (QED) is 0.169. The Morgan fingerprint density at radius 3 is 2.36 bits per heavy atom. The van der Waals surface area contributed by atoms with Crippen LogP contribution in [0.15, 0.2) is 99.2 Å². The Morgan fingerprint density at radius 2 is 1.62 bits per heavy atom. The lowest BCUT2D eigenvalue weighted by atomic mass is 9.86. The molecule has 4 aromatic rings. The van der Waals surface area contributed by atoms with Crippen molar-refractivity contribution in [1.82, 2.24) is 10.3 Å². The first-order valence-corrected chi connectivity index (χ1v) is 13.5. The number of benzene rings is 3. The largest absolute Gasteiger partial charge is 0.507 e. The SMILES string of the molecule is O=C(Cc1ccccc1)NN=C(CCN1CCCC1)CC(c1ccccc1)c1c(O)c2ccccc2oc1=O. The molecule has 39 heavy (non-hydrogen) atoms. The van der Waals surface area contributed by atoms with E-state index in [0.717, 1.165) is 36.5 Å². The summed E-state index contributed by atoms with van der Waals surface area (Å²) in [6.07, 6.45) is 3.56. The number of para-hydroxylation sites is 1. The maximum Gasteiger partial charge on any atom is 0.343 e. The third-order valence-corrected chi connectivity index (χ3v) is 7.27. The van der Waals surface area contributed by atoms with Crippen molar-refractivity contribution < 1.29 is 14.3 Å². The lowest BCUT2D eigenvalue weighted by molar-refractivity contribution is -0.120. The summed E-state index contributed by atoms with van der Waals surface area (Å²) in [4.78, 5) is 28.4. The monoisotopic (exact) mass is 523 g/mol. The molecule has 1 unspecified atom stereocenters. The van der Waals surface area contributed by atoms with Gasteiger partial charge in [0.05, 0.1) is 17.4 Å². The second kappa shape index (κ2) is 12.5. The van der Waals surface area contributed by atoms with E-state index in [0.29, 0.717) is 23.8 Å². The number of amides is 1. The molecule has 5 rings (SSSR count). The van der Waals surface area contributed by atoms with E-state index < -0.39 is 11.5 Å². The summed E-state index contributed by atoms with van der Waals surface area (Å²) >= 11 is 0. The Bertz CT molecular complexity index is 1490. The van der Waals surface area contributed by atoms with Crippen LogP contribution in [0.3, 0.4) is 0 Å². The van der Waals surface area contributed by atoms with Gasteiger partial charge < -0.3 is 14.4 Å². The smallest absolute Gasteiger partial charge is 0.343 e.